The van der Waals surface area contributed by atoms with Crippen molar-refractivity contribution in [1.29, 1.82) is 0 Å². The number of halogens is 1. The summed E-state index contributed by atoms with van der Waals surface area (Å²) in [5, 5.41) is 18.6. The molecule has 0 N–H and O–H groups in total. The van der Waals surface area contributed by atoms with Crippen molar-refractivity contribution in [3.05, 3.63) is 106 Å². The Bertz CT molecular complexity index is 2360. The van der Waals surface area contributed by atoms with Gasteiger partial charge in [-0.2, -0.15) is 4.33 Å². The van der Waals surface area contributed by atoms with E-state index in [2.05, 4.69) is 91.0 Å². The highest BCUT2D eigenvalue weighted by Crippen LogP contribution is 2.51. The second-order valence-electron chi connectivity index (χ2n) is 14.7. The Morgan fingerprint density at radius 1 is 0.922 bits per heavy atom. The minimum Gasteiger partial charge on any atom is -0.744 e. The van der Waals surface area contributed by atoms with Gasteiger partial charge < -0.3 is 14.7 Å². The summed E-state index contributed by atoms with van der Waals surface area (Å²) in [5.41, 5.74) is 8.96. The molecule has 51 heavy (non-hydrogen) atoms. The van der Waals surface area contributed by atoms with Crippen LogP contribution in [0.5, 0.6) is 0 Å². The van der Waals surface area contributed by atoms with E-state index in [-0.39, 0.29) is 15.7 Å². The molecule has 0 saturated carbocycles. The van der Waals surface area contributed by atoms with E-state index < -0.39 is 10.1 Å². The van der Waals surface area contributed by atoms with Crippen LogP contribution in [-0.2, 0) is 30.3 Å². The fraction of sp³-hybridized carbons (Fsp3) is 0.325. The third kappa shape index (κ3) is 6.14. The van der Waals surface area contributed by atoms with Gasteiger partial charge in [0.05, 0.1) is 22.4 Å². The van der Waals surface area contributed by atoms with Crippen molar-refractivity contribution in [1.82, 2.24) is 0 Å². The number of hydrogen-bond acceptors (Lipinski definition) is 8. The molecule has 3 aliphatic rings. The zero-order valence-electron chi connectivity index (χ0n) is 29.5. The van der Waals surface area contributed by atoms with Crippen LogP contribution in [0.4, 0.5) is 11.4 Å². The molecule has 0 atom stereocenters. The van der Waals surface area contributed by atoms with E-state index in [1.807, 2.05) is 24.3 Å². The van der Waals surface area contributed by atoms with E-state index in [4.69, 9.17) is 11.6 Å². The van der Waals surface area contributed by atoms with Gasteiger partial charge in [0, 0.05) is 51.8 Å². The SMILES string of the molecule is CN1/C(=C/C=C2\CCCC(CCC3=[N+](C)c4ccc5cc(SOO[O-])ccc5c4C3(C)C)=C2Cl)C(C)(C)c2c1ccc1cc(S(=O)(=O)[O-])ccc21. The highest BCUT2D eigenvalue weighted by Gasteiger charge is 2.45. The standard InChI is InChI=1S/C40H41ClN2O6S2/c1-39(2)34(42(5)32-18-10-26-22-28(50-49-48-44)14-16-30(26)36(32)39)20-12-24-8-7-9-25(38(24)41)13-21-35-40(3,4)37-31-17-15-29(51(45,46)47)23-27(31)11-19-33(37)43(35)6/h10-11,13-19,21-23H,7-9,12,20H2,1-6H3,(H-,44,45,46,47)/p-1/b25-13+,35-21+. The molecule has 0 aromatic heterocycles. The maximum atomic E-state index is 11.7. The summed E-state index contributed by atoms with van der Waals surface area (Å²) < 4.78 is 41.9. The summed E-state index contributed by atoms with van der Waals surface area (Å²) in [7, 11) is -0.341. The number of benzene rings is 4. The molecule has 0 amide bonds. The van der Waals surface area contributed by atoms with Crippen LogP contribution in [0.15, 0.2) is 104 Å². The molecule has 2 aliphatic heterocycles. The van der Waals surface area contributed by atoms with Gasteiger partial charge in [-0.15, -0.1) is 0 Å². The van der Waals surface area contributed by atoms with Crippen LogP contribution in [0.2, 0.25) is 0 Å². The van der Waals surface area contributed by atoms with E-state index in [1.165, 1.54) is 40.1 Å². The molecular formula is C40H40ClN2O6S2-. The number of allylic oxidation sites excluding steroid dienone is 6. The quantitative estimate of drug-likeness (QED) is 0.0580. The average Bonchev–Trinajstić information content (AvgIpc) is 3.41. The van der Waals surface area contributed by atoms with Gasteiger partial charge in [0.15, 0.2) is 5.71 Å². The Balaban J connectivity index is 1.15. The molecule has 11 heteroatoms. The lowest BCUT2D eigenvalue weighted by Gasteiger charge is -2.25. The molecule has 7 rings (SSSR count). The molecule has 1 aliphatic carbocycles. The summed E-state index contributed by atoms with van der Waals surface area (Å²) >= 11 is 8.10. The minimum atomic E-state index is -4.55. The van der Waals surface area contributed by atoms with Gasteiger partial charge in [0.25, 0.3) is 0 Å². The lowest BCUT2D eigenvalue weighted by Crippen LogP contribution is -2.28. The maximum absolute atomic E-state index is 11.7. The van der Waals surface area contributed by atoms with Crippen LogP contribution < -0.4 is 10.2 Å². The van der Waals surface area contributed by atoms with Crippen molar-refractivity contribution in [2.75, 3.05) is 19.0 Å². The second-order valence-corrected chi connectivity index (χ2v) is 17.2. The summed E-state index contributed by atoms with van der Waals surface area (Å²) in [6.07, 6.45) is 9.03. The van der Waals surface area contributed by atoms with Gasteiger partial charge in [-0.1, -0.05) is 55.3 Å². The Labute approximate surface area is 308 Å². The lowest BCUT2D eigenvalue weighted by molar-refractivity contribution is -0.777. The fourth-order valence-corrected chi connectivity index (χ4v) is 9.95. The van der Waals surface area contributed by atoms with Crippen LogP contribution in [0.3, 0.4) is 0 Å². The molecule has 266 valence electrons. The van der Waals surface area contributed by atoms with E-state index in [1.54, 1.807) is 6.07 Å². The van der Waals surface area contributed by atoms with Gasteiger partial charge in [0.2, 0.25) is 5.69 Å². The highest BCUT2D eigenvalue weighted by atomic mass is 35.5. The first-order valence-electron chi connectivity index (χ1n) is 17.0. The maximum Gasteiger partial charge on any atom is 0.209 e. The number of rotatable bonds is 8. The van der Waals surface area contributed by atoms with Crippen molar-refractivity contribution in [3.8, 4) is 0 Å². The predicted octanol–water partition coefficient (Wildman–Crippen LogP) is 8.83. The van der Waals surface area contributed by atoms with Crippen molar-refractivity contribution in [3.63, 3.8) is 0 Å². The molecule has 0 spiro atoms. The number of nitrogens with zero attached hydrogens (tertiary/aromatic N) is 2. The van der Waals surface area contributed by atoms with Crippen LogP contribution in [0, 0.1) is 0 Å². The molecule has 0 bridgehead atoms. The summed E-state index contributed by atoms with van der Waals surface area (Å²) in [6.45, 7) is 8.94. The molecule has 2 heterocycles. The van der Waals surface area contributed by atoms with Crippen molar-refractivity contribution in [2.45, 2.75) is 80.4 Å². The van der Waals surface area contributed by atoms with Gasteiger partial charge >= 0.3 is 0 Å². The summed E-state index contributed by atoms with van der Waals surface area (Å²) in [6, 6.07) is 18.8. The molecule has 0 saturated heterocycles. The van der Waals surface area contributed by atoms with Crippen molar-refractivity contribution in [2.24, 2.45) is 0 Å². The zero-order chi connectivity index (χ0) is 36.5. The van der Waals surface area contributed by atoms with Gasteiger partial charge in [-0.05, 0) is 115 Å². The van der Waals surface area contributed by atoms with Crippen molar-refractivity contribution < 1.29 is 32.2 Å². The summed E-state index contributed by atoms with van der Waals surface area (Å²) in [5.74, 6) is 0. The molecule has 8 nitrogen and oxygen atoms in total. The number of likely N-dealkylation sites (N-methyl/N-ethyl adjacent to an activating group) is 1. The molecule has 0 fully saturated rings. The van der Waals surface area contributed by atoms with Crippen LogP contribution in [-0.4, -0.2) is 37.4 Å². The molecule has 4 aromatic rings. The number of fused-ring (bicyclic) bond motifs is 6. The number of anilines is 1. The Morgan fingerprint density at radius 3 is 2.37 bits per heavy atom. The minimum absolute atomic E-state index is 0.194. The van der Waals surface area contributed by atoms with Gasteiger partial charge in [-0.3, -0.25) is 5.04 Å². The molecular weight excluding hydrogens is 704 g/mol. The Kier molecular flexibility index (Phi) is 9.28. The lowest BCUT2D eigenvalue weighted by atomic mass is 9.77. The first-order chi connectivity index (χ1) is 24.1. The Hall–Kier alpha value is -3.48. The normalized spacial score (nSPS) is 20.0. The van der Waals surface area contributed by atoms with Crippen LogP contribution in [0.25, 0.3) is 21.5 Å². The van der Waals surface area contributed by atoms with Crippen LogP contribution in [0.1, 0.15) is 70.9 Å². The van der Waals surface area contributed by atoms with E-state index in [0.717, 1.165) is 92.8 Å². The molecule has 0 radical (unpaired) electrons. The molecule has 4 aromatic carbocycles. The van der Waals surface area contributed by atoms with E-state index in [9.17, 15) is 18.2 Å². The largest absolute Gasteiger partial charge is 0.744 e. The number of hydrogen-bond donors (Lipinski definition) is 0. The first-order valence-corrected chi connectivity index (χ1v) is 19.5. The first kappa shape index (κ1) is 35.9. The fourth-order valence-electron chi connectivity index (χ4n) is 8.69. The van der Waals surface area contributed by atoms with E-state index >= 15 is 0 Å². The topological polar surface area (TPSA) is 105 Å². The van der Waals surface area contributed by atoms with Gasteiger partial charge in [0.1, 0.15) is 17.2 Å². The smallest absolute Gasteiger partial charge is 0.209 e. The third-order valence-electron chi connectivity index (χ3n) is 11.1. The molecule has 0 unspecified atom stereocenters. The second kappa shape index (κ2) is 13.2. The predicted molar refractivity (Wildman–Crippen MR) is 201 cm³/mol. The zero-order valence-corrected chi connectivity index (χ0v) is 31.9. The monoisotopic (exact) mass is 743 g/mol. The summed E-state index contributed by atoms with van der Waals surface area (Å²) in [4.78, 5) is 2.76. The third-order valence-corrected chi connectivity index (χ3v) is 13.0. The van der Waals surface area contributed by atoms with Gasteiger partial charge in [-0.25, -0.2) is 13.0 Å². The average molecular weight is 744 g/mol. The van der Waals surface area contributed by atoms with Crippen LogP contribution >= 0.6 is 23.6 Å². The van der Waals surface area contributed by atoms with Crippen molar-refractivity contribution >= 4 is 72.4 Å². The Morgan fingerprint density at radius 2 is 1.63 bits per heavy atom. The van der Waals surface area contributed by atoms with E-state index in [0.29, 0.717) is 0 Å². The highest BCUT2D eigenvalue weighted by molar-refractivity contribution is 7.94.